The molecule has 0 saturated heterocycles. The minimum atomic E-state index is -0.364. The van der Waals surface area contributed by atoms with Crippen molar-refractivity contribution in [2.45, 2.75) is 0 Å². The predicted octanol–water partition coefficient (Wildman–Crippen LogP) is 4.34. The molecule has 2 heterocycles. The van der Waals surface area contributed by atoms with Gasteiger partial charge in [-0.05, 0) is 48.5 Å². The number of urea groups is 1. The first kappa shape index (κ1) is 16.1. The Bertz CT molecular complexity index is 1050. The number of benzene rings is 2. The van der Waals surface area contributed by atoms with Gasteiger partial charge in [0, 0.05) is 28.4 Å². The van der Waals surface area contributed by atoms with E-state index in [4.69, 9.17) is 4.74 Å². The van der Waals surface area contributed by atoms with E-state index in [9.17, 15) is 4.79 Å². The topological polar surface area (TPSA) is 91.9 Å². The van der Waals surface area contributed by atoms with Crippen LogP contribution in [0.15, 0.2) is 54.7 Å². The Labute approximate surface area is 153 Å². The third kappa shape index (κ3) is 3.35. The van der Waals surface area contributed by atoms with E-state index in [1.807, 2.05) is 54.7 Å². The molecule has 4 rings (SSSR count). The van der Waals surface area contributed by atoms with E-state index < -0.39 is 0 Å². The zero-order chi connectivity index (χ0) is 17.9. The Kier molecular flexibility index (Phi) is 4.24. The molecule has 0 aliphatic rings. The summed E-state index contributed by atoms with van der Waals surface area (Å²) in [5, 5.41) is 15.8. The van der Waals surface area contributed by atoms with E-state index in [2.05, 4.69) is 25.8 Å². The van der Waals surface area contributed by atoms with Crippen LogP contribution in [0.4, 0.5) is 15.6 Å². The van der Waals surface area contributed by atoms with Gasteiger partial charge < -0.3 is 15.0 Å². The quantitative estimate of drug-likeness (QED) is 0.502. The van der Waals surface area contributed by atoms with Crippen LogP contribution in [0, 0.1) is 0 Å². The predicted molar refractivity (Wildman–Crippen MR) is 103 cm³/mol. The van der Waals surface area contributed by atoms with Gasteiger partial charge in [-0.2, -0.15) is 0 Å². The Morgan fingerprint density at radius 2 is 1.92 bits per heavy atom. The van der Waals surface area contributed by atoms with Gasteiger partial charge in [0.25, 0.3) is 0 Å². The van der Waals surface area contributed by atoms with Crippen LogP contribution in [0.3, 0.4) is 0 Å². The molecule has 7 nitrogen and oxygen atoms in total. The Morgan fingerprint density at radius 3 is 2.73 bits per heavy atom. The normalized spacial score (nSPS) is 10.7. The van der Waals surface area contributed by atoms with E-state index >= 15 is 0 Å². The molecule has 0 aliphatic heterocycles. The van der Waals surface area contributed by atoms with Crippen molar-refractivity contribution >= 4 is 39.1 Å². The molecule has 3 N–H and O–H groups in total. The molecule has 2 aromatic carbocycles. The molecule has 0 fully saturated rings. The van der Waals surface area contributed by atoms with Crippen molar-refractivity contribution in [1.82, 2.24) is 15.2 Å². The number of aromatic nitrogens is 3. The third-order valence-corrected chi connectivity index (χ3v) is 4.68. The lowest BCUT2D eigenvalue weighted by Gasteiger charge is -2.05. The maximum absolute atomic E-state index is 12.2. The van der Waals surface area contributed by atoms with Crippen LogP contribution in [0.1, 0.15) is 0 Å². The summed E-state index contributed by atoms with van der Waals surface area (Å²) < 4.78 is 5.14. The third-order valence-electron chi connectivity index (χ3n) is 3.79. The summed E-state index contributed by atoms with van der Waals surface area (Å²) in [5.41, 5.74) is 2.63. The fourth-order valence-electron chi connectivity index (χ4n) is 2.51. The highest BCUT2D eigenvalue weighted by molar-refractivity contribution is 7.18. The Balaban J connectivity index is 1.43. The van der Waals surface area contributed by atoms with Gasteiger partial charge in [0.15, 0.2) is 0 Å². The number of ether oxygens (including phenoxy) is 1. The van der Waals surface area contributed by atoms with Gasteiger partial charge in [-0.15, -0.1) is 10.2 Å². The van der Waals surface area contributed by atoms with Gasteiger partial charge in [0.05, 0.1) is 7.11 Å². The number of anilines is 2. The van der Waals surface area contributed by atoms with Crippen LogP contribution in [-0.4, -0.2) is 28.3 Å². The number of nitrogens with one attached hydrogen (secondary N) is 3. The van der Waals surface area contributed by atoms with Crippen molar-refractivity contribution in [3.63, 3.8) is 0 Å². The van der Waals surface area contributed by atoms with Gasteiger partial charge in [-0.1, -0.05) is 11.3 Å². The van der Waals surface area contributed by atoms with Crippen molar-refractivity contribution in [1.29, 1.82) is 0 Å². The molecule has 8 heteroatoms. The number of aromatic amines is 1. The number of carbonyl (C=O) groups excluding carboxylic acids is 1. The van der Waals surface area contributed by atoms with Crippen LogP contribution in [0.2, 0.25) is 0 Å². The standard InChI is InChI=1S/C18H15N5O2S/c1-25-14-5-2-11(3-6-14)16-22-23-18(26-16)21-17(24)20-13-4-7-15-12(10-13)8-9-19-15/h2-10,19H,1H3,(H2,20,21,23,24). The molecule has 0 saturated carbocycles. The summed E-state index contributed by atoms with van der Waals surface area (Å²) in [6, 6.07) is 14.7. The summed E-state index contributed by atoms with van der Waals surface area (Å²) in [5.74, 6) is 0.774. The van der Waals surface area contributed by atoms with Gasteiger partial charge in [0.1, 0.15) is 10.8 Å². The molecule has 2 aromatic heterocycles. The highest BCUT2D eigenvalue weighted by Crippen LogP contribution is 2.28. The van der Waals surface area contributed by atoms with Crippen molar-refractivity contribution in [2.24, 2.45) is 0 Å². The minimum absolute atomic E-state index is 0.364. The molecule has 0 aliphatic carbocycles. The first-order valence-corrected chi connectivity index (χ1v) is 8.66. The second-order valence-corrected chi connectivity index (χ2v) is 6.48. The van der Waals surface area contributed by atoms with Crippen LogP contribution < -0.4 is 15.4 Å². The van der Waals surface area contributed by atoms with Crippen molar-refractivity contribution in [3.8, 4) is 16.3 Å². The monoisotopic (exact) mass is 365 g/mol. The van der Waals surface area contributed by atoms with Gasteiger partial charge in [-0.25, -0.2) is 4.79 Å². The summed E-state index contributed by atoms with van der Waals surface area (Å²) in [6.07, 6.45) is 1.86. The smallest absolute Gasteiger partial charge is 0.325 e. The Morgan fingerprint density at radius 1 is 1.08 bits per heavy atom. The molecular formula is C18H15N5O2S. The maximum Gasteiger partial charge on any atom is 0.325 e. The molecule has 0 radical (unpaired) electrons. The SMILES string of the molecule is COc1ccc(-c2nnc(NC(=O)Nc3ccc4[nH]ccc4c3)s2)cc1. The highest BCUT2D eigenvalue weighted by Gasteiger charge is 2.10. The molecule has 0 bridgehead atoms. The minimum Gasteiger partial charge on any atom is -0.497 e. The number of H-pyrrole nitrogens is 1. The van der Waals surface area contributed by atoms with Gasteiger partial charge >= 0.3 is 6.03 Å². The molecule has 130 valence electrons. The summed E-state index contributed by atoms with van der Waals surface area (Å²) >= 11 is 1.30. The number of rotatable bonds is 4. The number of fused-ring (bicyclic) bond motifs is 1. The highest BCUT2D eigenvalue weighted by atomic mass is 32.1. The van der Waals surface area contributed by atoms with E-state index in [1.54, 1.807) is 7.11 Å². The molecule has 4 aromatic rings. The van der Waals surface area contributed by atoms with E-state index in [1.165, 1.54) is 11.3 Å². The second kappa shape index (κ2) is 6.85. The molecule has 2 amide bonds. The van der Waals surface area contributed by atoms with E-state index in [0.717, 1.165) is 27.2 Å². The van der Waals surface area contributed by atoms with Crippen LogP contribution in [0.25, 0.3) is 21.5 Å². The maximum atomic E-state index is 12.2. The van der Waals surface area contributed by atoms with Crippen LogP contribution in [0.5, 0.6) is 5.75 Å². The number of amides is 2. The average molecular weight is 365 g/mol. The number of nitrogens with zero attached hydrogens (tertiary/aromatic N) is 2. The van der Waals surface area contributed by atoms with E-state index in [-0.39, 0.29) is 6.03 Å². The van der Waals surface area contributed by atoms with Gasteiger partial charge in [-0.3, -0.25) is 5.32 Å². The van der Waals surface area contributed by atoms with E-state index in [0.29, 0.717) is 10.8 Å². The largest absolute Gasteiger partial charge is 0.497 e. The zero-order valence-electron chi connectivity index (χ0n) is 13.8. The lowest BCUT2D eigenvalue weighted by molar-refractivity contribution is 0.262. The number of hydrogen-bond donors (Lipinski definition) is 3. The number of carbonyl (C=O) groups is 1. The lowest BCUT2D eigenvalue weighted by atomic mass is 10.2. The second-order valence-electron chi connectivity index (χ2n) is 5.50. The fraction of sp³-hybridized carbons (Fsp3) is 0.0556. The first-order valence-electron chi connectivity index (χ1n) is 7.84. The van der Waals surface area contributed by atoms with Crippen molar-refractivity contribution < 1.29 is 9.53 Å². The van der Waals surface area contributed by atoms with Crippen molar-refractivity contribution in [2.75, 3.05) is 17.7 Å². The van der Waals surface area contributed by atoms with Crippen molar-refractivity contribution in [3.05, 3.63) is 54.7 Å². The van der Waals surface area contributed by atoms with Gasteiger partial charge in [0.2, 0.25) is 5.13 Å². The number of hydrogen-bond acceptors (Lipinski definition) is 5. The fourth-order valence-corrected chi connectivity index (χ4v) is 3.26. The molecule has 26 heavy (non-hydrogen) atoms. The molecule has 0 atom stereocenters. The van der Waals surface area contributed by atoms with Crippen LogP contribution in [-0.2, 0) is 0 Å². The van der Waals surface area contributed by atoms with Crippen LogP contribution >= 0.6 is 11.3 Å². The zero-order valence-corrected chi connectivity index (χ0v) is 14.6. The Hall–Kier alpha value is -3.39. The first-order chi connectivity index (χ1) is 12.7. The number of methoxy groups -OCH3 is 1. The molecular weight excluding hydrogens is 350 g/mol. The molecule has 0 unspecified atom stereocenters. The summed E-state index contributed by atoms with van der Waals surface area (Å²) in [6.45, 7) is 0. The lowest BCUT2D eigenvalue weighted by Crippen LogP contribution is -2.19. The summed E-state index contributed by atoms with van der Waals surface area (Å²) in [7, 11) is 1.62. The summed E-state index contributed by atoms with van der Waals surface area (Å²) in [4.78, 5) is 15.3. The average Bonchev–Trinajstić information content (AvgIpc) is 3.30. The molecule has 0 spiro atoms.